The largest absolute Gasteiger partial charge is 0.431 e. The van der Waals surface area contributed by atoms with Gasteiger partial charge >= 0.3 is 6.18 Å². The second kappa shape index (κ2) is 10.9. The second-order valence-corrected chi connectivity index (χ2v) is 8.75. The standard InChI is InChI=1S/C19H23F4N3O2S.CH3F/c1-4-5-14(8-7-13(3)29(24,27)28)26-17(11-18(25-26)19(21,22)23)15-9-6-12(2)10-16(15)20;1-2/h5-10,13,17H,4,11H2,1-3H3,(H2,24,27,28);1H3/b8-7-,14-5+;. The minimum absolute atomic E-state index is 0.0773. The zero-order valence-corrected chi connectivity index (χ0v) is 18.4. The molecular weight excluding hydrogens is 441 g/mol. The molecule has 11 heteroatoms. The zero-order chi connectivity index (χ0) is 24.0. The molecule has 174 valence electrons. The van der Waals surface area contributed by atoms with Crippen LogP contribution in [0.15, 0.2) is 47.2 Å². The maximum atomic E-state index is 14.5. The van der Waals surface area contributed by atoms with Gasteiger partial charge in [0.1, 0.15) is 11.5 Å². The fourth-order valence-corrected chi connectivity index (χ4v) is 3.15. The Hall–Kier alpha value is -2.27. The third kappa shape index (κ3) is 7.13. The van der Waals surface area contributed by atoms with Crippen LogP contribution in [0.3, 0.4) is 0 Å². The van der Waals surface area contributed by atoms with Crippen LogP contribution >= 0.6 is 0 Å². The average molecular weight is 468 g/mol. The van der Waals surface area contributed by atoms with Crippen molar-refractivity contribution < 1.29 is 30.4 Å². The molecule has 1 aromatic carbocycles. The second-order valence-electron chi connectivity index (χ2n) is 6.82. The highest BCUT2D eigenvalue weighted by molar-refractivity contribution is 7.89. The van der Waals surface area contributed by atoms with Gasteiger partial charge in [-0.25, -0.2) is 17.9 Å². The summed E-state index contributed by atoms with van der Waals surface area (Å²) in [5, 5.41) is 8.82. The van der Waals surface area contributed by atoms with Gasteiger partial charge < -0.3 is 0 Å². The first-order valence-corrected chi connectivity index (χ1v) is 10.9. The Balaban J connectivity index is 0.00000233. The molecule has 1 aromatic rings. The van der Waals surface area contributed by atoms with E-state index >= 15 is 0 Å². The Kier molecular flexibility index (Phi) is 9.37. The lowest BCUT2D eigenvalue weighted by atomic mass is 9.99. The fraction of sp³-hybridized carbons (Fsp3) is 0.450. The summed E-state index contributed by atoms with van der Waals surface area (Å²) in [4.78, 5) is 0. The molecule has 2 atom stereocenters. The number of hydrogen-bond donors (Lipinski definition) is 1. The number of nitrogens with zero attached hydrogens (tertiary/aromatic N) is 2. The number of alkyl halides is 4. The highest BCUT2D eigenvalue weighted by atomic mass is 32.2. The van der Waals surface area contributed by atoms with Crippen molar-refractivity contribution in [1.82, 2.24) is 5.01 Å². The van der Waals surface area contributed by atoms with Crippen LogP contribution in [-0.2, 0) is 10.0 Å². The van der Waals surface area contributed by atoms with E-state index in [-0.39, 0.29) is 11.3 Å². The number of primary sulfonamides is 1. The smallest absolute Gasteiger partial charge is 0.258 e. The summed E-state index contributed by atoms with van der Waals surface area (Å²) in [5.74, 6) is -0.628. The molecule has 31 heavy (non-hydrogen) atoms. The monoisotopic (exact) mass is 467 g/mol. The molecule has 0 saturated heterocycles. The summed E-state index contributed by atoms with van der Waals surface area (Å²) in [6, 6.07) is 3.29. The molecule has 2 N–H and O–H groups in total. The highest BCUT2D eigenvalue weighted by Gasteiger charge is 2.44. The van der Waals surface area contributed by atoms with Crippen LogP contribution in [0.1, 0.15) is 43.9 Å². The molecule has 2 unspecified atom stereocenters. The van der Waals surface area contributed by atoms with Crippen molar-refractivity contribution in [2.24, 2.45) is 10.2 Å². The highest BCUT2D eigenvalue weighted by Crippen LogP contribution is 2.39. The van der Waals surface area contributed by atoms with E-state index in [0.717, 1.165) is 5.01 Å². The van der Waals surface area contributed by atoms with Crippen LogP contribution < -0.4 is 5.14 Å². The first kappa shape index (κ1) is 26.8. The number of rotatable bonds is 6. The van der Waals surface area contributed by atoms with E-state index in [1.54, 1.807) is 26.0 Å². The van der Waals surface area contributed by atoms with Crippen molar-refractivity contribution in [3.05, 3.63) is 59.1 Å². The van der Waals surface area contributed by atoms with E-state index in [4.69, 9.17) is 5.14 Å². The Bertz CT molecular complexity index is 956. The molecule has 0 bridgehead atoms. The predicted octanol–water partition coefficient (Wildman–Crippen LogP) is 4.91. The number of aryl methyl sites for hydroxylation is 1. The van der Waals surface area contributed by atoms with Crippen molar-refractivity contribution >= 4 is 15.7 Å². The number of hydrazone groups is 1. The average Bonchev–Trinajstić information content (AvgIpc) is 3.11. The van der Waals surface area contributed by atoms with E-state index < -0.39 is 45.4 Å². The lowest BCUT2D eigenvalue weighted by Gasteiger charge is -2.25. The Morgan fingerprint density at radius 1 is 1.35 bits per heavy atom. The molecule has 0 spiro atoms. The minimum atomic E-state index is -4.66. The zero-order valence-electron chi connectivity index (χ0n) is 17.6. The Morgan fingerprint density at radius 3 is 2.45 bits per heavy atom. The number of nitrogens with two attached hydrogens (primary N) is 1. The van der Waals surface area contributed by atoms with E-state index in [1.807, 2.05) is 0 Å². The lowest BCUT2D eigenvalue weighted by molar-refractivity contribution is -0.0601. The van der Waals surface area contributed by atoms with Crippen LogP contribution in [0.5, 0.6) is 0 Å². The molecule has 0 aliphatic carbocycles. The van der Waals surface area contributed by atoms with Crippen LogP contribution in [0.4, 0.5) is 22.0 Å². The van der Waals surface area contributed by atoms with Gasteiger partial charge in [-0.2, -0.15) is 18.3 Å². The number of hydrogen-bond acceptors (Lipinski definition) is 4. The quantitative estimate of drug-likeness (QED) is 0.477. The van der Waals surface area contributed by atoms with Crippen LogP contribution in [-0.4, -0.2) is 37.7 Å². The van der Waals surface area contributed by atoms with Crippen LogP contribution in [0, 0.1) is 12.7 Å². The first-order valence-electron chi connectivity index (χ1n) is 9.32. The van der Waals surface area contributed by atoms with Gasteiger partial charge in [-0.3, -0.25) is 9.40 Å². The molecule has 0 amide bonds. The van der Waals surface area contributed by atoms with E-state index in [2.05, 4.69) is 5.10 Å². The van der Waals surface area contributed by atoms with E-state index in [1.165, 1.54) is 31.2 Å². The first-order chi connectivity index (χ1) is 14.3. The van der Waals surface area contributed by atoms with Crippen LogP contribution in [0.25, 0.3) is 0 Å². The molecule has 1 heterocycles. The minimum Gasteiger partial charge on any atom is -0.258 e. The molecule has 1 aliphatic heterocycles. The van der Waals surface area contributed by atoms with Crippen molar-refractivity contribution in [2.75, 3.05) is 7.18 Å². The topological polar surface area (TPSA) is 75.8 Å². The summed E-state index contributed by atoms with van der Waals surface area (Å²) in [7, 11) is -3.36. The summed E-state index contributed by atoms with van der Waals surface area (Å²) in [6.07, 6.45) is -0.540. The van der Waals surface area contributed by atoms with E-state index in [0.29, 0.717) is 19.2 Å². The molecule has 2 rings (SSSR count). The molecule has 0 aromatic heterocycles. The van der Waals surface area contributed by atoms with Gasteiger partial charge in [0.15, 0.2) is 0 Å². The lowest BCUT2D eigenvalue weighted by Crippen LogP contribution is -2.24. The van der Waals surface area contributed by atoms with Gasteiger partial charge in [0, 0.05) is 12.0 Å². The normalized spacial score (nSPS) is 18.6. The van der Waals surface area contributed by atoms with Crippen molar-refractivity contribution in [1.29, 1.82) is 0 Å². The molecule has 5 nitrogen and oxygen atoms in total. The molecule has 0 fully saturated rings. The van der Waals surface area contributed by atoms with Gasteiger partial charge in [0.05, 0.1) is 24.2 Å². The Labute approximate surface area is 179 Å². The maximum Gasteiger partial charge on any atom is 0.431 e. The fourth-order valence-electron chi connectivity index (χ4n) is 2.86. The van der Waals surface area contributed by atoms with Gasteiger partial charge in [0.2, 0.25) is 10.0 Å². The van der Waals surface area contributed by atoms with Crippen molar-refractivity contribution in [2.45, 2.75) is 51.1 Å². The van der Waals surface area contributed by atoms with Crippen molar-refractivity contribution in [3.8, 4) is 0 Å². The summed E-state index contributed by atoms with van der Waals surface area (Å²) in [6.45, 7) is 4.79. The predicted molar refractivity (Wildman–Crippen MR) is 111 cm³/mol. The molecular formula is C20H26F5N3O2S. The number of allylic oxidation sites excluding steroid dienone is 2. The van der Waals surface area contributed by atoms with Gasteiger partial charge in [-0.05, 0) is 38.0 Å². The summed E-state index contributed by atoms with van der Waals surface area (Å²) < 4.78 is 86.9. The molecule has 0 saturated carbocycles. The maximum absolute atomic E-state index is 14.5. The van der Waals surface area contributed by atoms with E-state index in [9.17, 15) is 30.4 Å². The summed E-state index contributed by atoms with van der Waals surface area (Å²) >= 11 is 0. The van der Waals surface area contributed by atoms with Crippen molar-refractivity contribution in [3.63, 3.8) is 0 Å². The summed E-state index contributed by atoms with van der Waals surface area (Å²) in [5.41, 5.74) is -0.0861. The molecule has 1 aliphatic rings. The number of sulfonamides is 1. The number of benzene rings is 1. The number of halogens is 5. The van der Waals surface area contributed by atoms with Gasteiger partial charge in [-0.15, -0.1) is 0 Å². The SMILES string of the molecule is CC/C=C(\C=C/C(C)S(N)(=O)=O)N1N=C(C(F)(F)F)CC1c1ccc(C)cc1F.CF. The van der Waals surface area contributed by atoms with Gasteiger partial charge in [0.25, 0.3) is 0 Å². The third-order valence-corrected chi connectivity index (χ3v) is 5.68. The van der Waals surface area contributed by atoms with Crippen LogP contribution in [0.2, 0.25) is 0 Å². The third-order valence-electron chi connectivity index (χ3n) is 4.49. The molecule has 0 radical (unpaired) electrons. The van der Waals surface area contributed by atoms with Gasteiger partial charge in [-0.1, -0.05) is 31.2 Å². The Morgan fingerprint density at radius 2 is 1.97 bits per heavy atom.